The zero-order valence-electron chi connectivity index (χ0n) is 8.15. The van der Waals surface area contributed by atoms with Gasteiger partial charge in [-0.05, 0) is 0 Å². The fraction of sp³-hybridized carbons (Fsp3) is 0.556. The highest BCUT2D eigenvalue weighted by Crippen LogP contribution is 2.77. The smallest absolute Gasteiger partial charge is 0.319 e. The number of rotatable bonds is 0. The summed E-state index contributed by atoms with van der Waals surface area (Å²) >= 11 is 36.9. The first kappa shape index (κ1) is 13.6. The molecule has 2 bridgehead atoms. The average Bonchev–Trinajstić information content (AvgIpc) is 2.68. The number of hydrogen-bond acceptors (Lipinski definition) is 3. The lowest BCUT2D eigenvalue weighted by molar-refractivity contribution is -0.154. The molecule has 0 aromatic carbocycles. The second-order valence-corrected chi connectivity index (χ2v) is 7.60. The summed E-state index contributed by atoms with van der Waals surface area (Å²) in [6.07, 6.45) is 0. The van der Waals surface area contributed by atoms with Crippen molar-refractivity contribution < 1.29 is 14.3 Å². The third-order valence-electron chi connectivity index (χ3n) is 3.64. The van der Waals surface area contributed by atoms with Crippen LogP contribution in [-0.4, -0.2) is 26.0 Å². The predicted molar refractivity (Wildman–Crippen MR) is 68.4 cm³/mol. The molecular formula is C9H2Cl6O3. The molecule has 1 saturated carbocycles. The van der Waals surface area contributed by atoms with Crippen LogP contribution < -0.4 is 0 Å². The number of carbonyl (C=O) groups is 2. The van der Waals surface area contributed by atoms with Gasteiger partial charge in [-0.2, -0.15) is 0 Å². The van der Waals surface area contributed by atoms with Gasteiger partial charge >= 0.3 is 11.9 Å². The van der Waals surface area contributed by atoms with Crippen molar-refractivity contribution in [2.75, 3.05) is 0 Å². The van der Waals surface area contributed by atoms with Crippen molar-refractivity contribution in [1.29, 1.82) is 0 Å². The predicted octanol–water partition coefficient (Wildman–Crippen LogP) is 3.15. The van der Waals surface area contributed by atoms with Gasteiger partial charge < -0.3 is 4.74 Å². The maximum absolute atomic E-state index is 11.7. The highest BCUT2D eigenvalue weighted by Gasteiger charge is 2.87. The Morgan fingerprint density at radius 3 is 1.50 bits per heavy atom. The molecule has 0 aromatic rings. The van der Waals surface area contributed by atoms with E-state index < -0.39 is 37.9 Å². The van der Waals surface area contributed by atoms with Crippen molar-refractivity contribution in [3.05, 3.63) is 10.1 Å². The first-order valence-electron chi connectivity index (χ1n) is 4.69. The Morgan fingerprint density at radius 1 is 0.833 bits per heavy atom. The van der Waals surface area contributed by atoms with Crippen LogP contribution in [0.3, 0.4) is 0 Å². The molecule has 3 nitrogen and oxygen atoms in total. The molecule has 0 spiro atoms. The molecular weight excluding hydrogens is 369 g/mol. The summed E-state index contributed by atoms with van der Waals surface area (Å²) in [6, 6.07) is 0. The van der Waals surface area contributed by atoms with E-state index >= 15 is 0 Å². The molecule has 0 aromatic heterocycles. The number of ether oxygens (including phenoxy) is 1. The molecule has 0 unspecified atom stereocenters. The lowest BCUT2D eigenvalue weighted by Crippen LogP contribution is -2.47. The van der Waals surface area contributed by atoms with E-state index in [4.69, 9.17) is 69.6 Å². The van der Waals surface area contributed by atoms with Crippen LogP contribution in [0.15, 0.2) is 10.1 Å². The van der Waals surface area contributed by atoms with E-state index in [2.05, 4.69) is 4.74 Å². The van der Waals surface area contributed by atoms with E-state index in [1.807, 2.05) is 0 Å². The van der Waals surface area contributed by atoms with Gasteiger partial charge in [0.1, 0.15) is 21.6 Å². The minimum Gasteiger partial charge on any atom is -0.393 e. The Bertz CT molecular complexity index is 498. The maximum Gasteiger partial charge on any atom is 0.319 e. The number of allylic oxidation sites excluding steroid dienone is 2. The van der Waals surface area contributed by atoms with Crippen LogP contribution in [0, 0.1) is 11.8 Å². The molecule has 1 aliphatic heterocycles. The second-order valence-electron chi connectivity index (χ2n) is 4.32. The van der Waals surface area contributed by atoms with Crippen molar-refractivity contribution in [3.8, 4) is 0 Å². The van der Waals surface area contributed by atoms with E-state index in [0.29, 0.717) is 0 Å². The van der Waals surface area contributed by atoms with Gasteiger partial charge in [0, 0.05) is 0 Å². The van der Waals surface area contributed by atoms with Crippen molar-refractivity contribution in [3.63, 3.8) is 0 Å². The zero-order valence-corrected chi connectivity index (χ0v) is 12.7. The number of hydrogen-bond donors (Lipinski definition) is 0. The van der Waals surface area contributed by atoms with Crippen LogP contribution in [0.4, 0.5) is 0 Å². The Kier molecular flexibility index (Phi) is 2.60. The van der Waals surface area contributed by atoms with Crippen LogP contribution in [0.5, 0.6) is 0 Å². The SMILES string of the molecule is O=C1OC(=O)[C@H]2[C@@H]1[C@]1(Cl)C(Cl)=C(Cl)[C@@]2(Cl)C1(Cl)Cl. The average molecular weight is 371 g/mol. The zero-order chi connectivity index (χ0) is 13.7. The summed E-state index contributed by atoms with van der Waals surface area (Å²) in [5.41, 5.74) is 0. The summed E-state index contributed by atoms with van der Waals surface area (Å²) in [5.74, 6) is -3.99. The quantitative estimate of drug-likeness (QED) is 0.374. The normalized spacial score (nSPS) is 48.8. The van der Waals surface area contributed by atoms with E-state index in [0.717, 1.165) is 0 Å². The molecule has 2 aliphatic carbocycles. The summed E-state index contributed by atoms with van der Waals surface area (Å²) in [4.78, 5) is 19.9. The molecule has 0 radical (unpaired) electrons. The van der Waals surface area contributed by atoms with Crippen LogP contribution in [0.25, 0.3) is 0 Å². The van der Waals surface area contributed by atoms with Crippen LogP contribution in [0.2, 0.25) is 0 Å². The van der Waals surface area contributed by atoms with Crippen molar-refractivity contribution in [2.45, 2.75) is 14.1 Å². The van der Waals surface area contributed by atoms with Gasteiger partial charge in [0.25, 0.3) is 0 Å². The molecule has 9 heteroatoms. The molecule has 18 heavy (non-hydrogen) atoms. The maximum atomic E-state index is 11.7. The van der Waals surface area contributed by atoms with Gasteiger partial charge in [0.15, 0.2) is 4.33 Å². The molecule has 1 saturated heterocycles. The number of fused-ring (bicyclic) bond motifs is 5. The summed E-state index contributed by atoms with van der Waals surface area (Å²) in [5, 5.41) is -0.252. The molecule has 0 N–H and O–H groups in total. The fourth-order valence-electron chi connectivity index (χ4n) is 2.81. The van der Waals surface area contributed by atoms with Crippen LogP contribution in [0.1, 0.15) is 0 Å². The molecule has 2 fully saturated rings. The Morgan fingerprint density at radius 2 is 1.17 bits per heavy atom. The second kappa shape index (κ2) is 3.44. The molecule has 98 valence electrons. The largest absolute Gasteiger partial charge is 0.393 e. The van der Waals surface area contributed by atoms with Crippen molar-refractivity contribution in [2.24, 2.45) is 11.8 Å². The van der Waals surface area contributed by atoms with Crippen LogP contribution in [-0.2, 0) is 14.3 Å². The number of carbonyl (C=O) groups excluding carboxylic acids is 2. The van der Waals surface area contributed by atoms with E-state index in [-0.39, 0.29) is 10.1 Å². The summed E-state index contributed by atoms with van der Waals surface area (Å²) < 4.78 is 2.63. The Hall–Kier alpha value is 0.620. The highest BCUT2D eigenvalue weighted by molar-refractivity contribution is 6.66. The first-order valence-corrected chi connectivity index (χ1v) is 6.96. The highest BCUT2D eigenvalue weighted by atomic mass is 35.5. The Labute approximate surface area is 131 Å². The molecule has 4 atom stereocenters. The standard InChI is InChI=1S/C9H2Cl6O3/c10-3-4(11)8(13)2-1(5(16)18-6(2)17)7(3,12)9(8,14)15/h1-2H/t1-,2+,7-,8+. The van der Waals surface area contributed by atoms with E-state index in [9.17, 15) is 9.59 Å². The summed E-state index contributed by atoms with van der Waals surface area (Å²) in [7, 11) is 0. The van der Waals surface area contributed by atoms with E-state index in [1.54, 1.807) is 0 Å². The molecule has 1 heterocycles. The first-order chi connectivity index (χ1) is 8.11. The number of halogens is 6. The van der Waals surface area contributed by atoms with Gasteiger partial charge in [-0.3, -0.25) is 9.59 Å². The van der Waals surface area contributed by atoms with Gasteiger partial charge in [0.05, 0.1) is 10.1 Å². The minimum atomic E-state index is -1.89. The third-order valence-corrected chi connectivity index (χ3v) is 7.90. The monoisotopic (exact) mass is 368 g/mol. The van der Waals surface area contributed by atoms with E-state index in [1.165, 1.54) is 0 Å². The topological polar surface area (TPSA) is 43.4 Å². The molecule has 3 aliphatic rings. The number of cyclic esters (lactones) is 2. The lowest BCUT2D eigenvalue weighted by Gasteiger charge is -2.32. The number of alkyl halides is 4. The van der Waals surface area contributed by atoms with Gasteiger partial charge in [-0.15, -0.1) is 23.2 Å². The summed E-state index contributed by atoms with van der Waals surface area (Å²) in [6.45, 7) is 0. The third kappa shape index (κ3) is 1.03. The number of esters is 2. The van der Waals surface area contributed by atoms with Crippen molar-refractivity contribution >= 4 is 81.5 Å². The van der Waals surface area contributed by atoms with Crippen molar-refractivity contribution in [1.82, 2.24) is 0 Å². The van der Waals surface area contributed by atoms with Gasteiger partial charge in [-0.1, -0.05) is 46.4 Å². The molecule has 3 rings (SSSR count). The lowest BCUT2D eigenvalue weighted by atomic mass is 9.84. The van der Waals surface area contributed by atoms with Crippen LogP contribution >= 0.6 is 69.6 Å². The van der Waals surface area contributed by atoms with Gasteiger partial charge in [0.2, 0.25) is 0 Å². The Balaban J connectivity index is 2.37. The van der Waals surface area contributed by atoms with Gasteiger partial charge in [-0.25, -0.2) is 0 Å². The minimum absolute atomic E-state index is 0.126. The fourth-order valence-corrected chi connectivity index (χ4v) is 5.73. The molecule has 0 amide bonds.